The van der Waals surface area contributed by atoms with E-state index >= 15 is 0 Å². The quantitative estimate of drug-likeness (QED) is 0.406. The maximum absolute atomic E-state index is 8.06. The molecule has 0 unspecified atom stereocenters. The first-order chi connectivity index (χ1) is 1.00. The van der Waals surface area contributed by atoms with Crippen molar-refractivity contribution >= 4 is 18.9 Å². The molecule has 0 bridgehead atoms. The standard InChI is InChI=1S/Cu.Li.Mn.O.H. The minimum absolute atomic E-state index is 0. The Morgan fingerprint density at radius 3 is 1.25 bits per heavy atom. The van der Waals surface area contributed by atoms with Crippen LogP contribution in [0.2, 0.25) is 0 Å². The van der Waals surface area contributed by atoms with Crippen LogP contribution in [0.25, 0.3) is 0 Å². The molecule has 1 nitrogen and oxygen atoms in total. The fourth-order valence-corrected chi connectivity index (χ4v) is 0. The van der Waals surface area contributed by atoms with Gasteiger partial charge in [0.2, 0.25) is 0 Å². The molecule has 0 saturated heterocycles. The average Bonchev–Trinajstić information content (AvgIpc) is 1.00. The van der Waals surface area contributed by atoms with Crippen LogP contribution in [0, 0.1) is 0 Å². The third kappa shape index (κ3) is 9.89. The molecule has 0 aliphatic heterocycles. The van der Waals surface area contributed by atoms with Gasteiger partial charge in [0, 0.05) is 17.1 Å². The maximum atomic E-state index is 8.06. The Morgan fingerprint density at radius 1 is 1.25 bits per heavy atom. The molecule has 0 fully saturated rings. The van der Waals surface area contributed by atoms with Gasteiger partial charge in [-0.25, -0.2) is 0 Å². The molecular weight excluding hydrogens is 141 g/mol. The second kappa shape index (κ2) is 25.4. The third-order valence-corrected chi connectivity index (χ3v) is 0. The van der Waals surface area contributed by atoms with Crippen molar-refractivity contribution in [2.24, 2.45) is 0 Å². The molecule has 0 amide bonds. The van der Waals surface area contributed by atoms with E-state index in [1.807, 2.05) is 0 Å². The molecule has 0 atom stereocenters. The van der Waals surface area contributed by atoms with Crippen LogP contribution < -0.4 is 0 Å². The van der Waals surface area contributed by atoms with Crippen molar-refractivity contribution in [2.45, 2.75) is 0 Å². The van der Waals surface area contributed by atoms with E-state index in [2.05, 4.69) is 0 Å². The van der Waals surface area contributed by atoms with Crippen LogP contribution in [0.5, 0.6) is 0 Å². The first-order valence-electron chi connectivity index (χ1n) is 0.154. The Labute approximate surface area is 55.6 Å². The third-order valence-electron chi connectivity index (χ3n) is 0. The van der Waals surface area contributed by atoms with E-state index in [4.69, 9.17) is 3.83 Å². The van der Waals surface area contributed by atoms with E-state index < -0.39 is 0 Å². The number of hydrogen-bond donors (Lipinski definition) is 0. The van der Waals surface area contributed by atoms with Crippen LogP contribution >= 0.6 is 0 Å². The van der Waals surface area contributed by atoms with Crippen molar-refractivity contribution in [3.63, 3.8) is 0 Å². The van der Waals surface area contributed by atoms with Gasteiger partial charge in [-0.3, -0.25) is 0 Å². The molecule has 0 heterocycles. The summed E-state index contributed by atoms with van der Waals surface area (Å²) in [5.74, 6) is 0. The van der Waals surface area contributed by atoms with E-state index in [1.54, 1.807) is 15.9 Å². The van der Waals surface area contributed by atoms with Crippen molar-refractivity contribution in [2.75, 3.05) is 0 Å². The first-order valence-corrected chi connectivity index (χ1v) is 0.636. The predicted molar refractivity (Wildman–Crippen MR) is 7.84 cm³/mol. The number of hydrogen-bond acceptors (Lipinski definition) is 1. The summed E-state index contributed by atoms with van der Waals surface area (Å²) >= 11 is 1.69. The molecule has 26 valence electrons. The van der Waals surface area contributed by atoms with Gasteiger partial charge >= 0.3 is 38.6 Å². The van der Waals surface area contributed by atoms with Gasteiger partial charge in [-0.15, -0.1) is 0 Å². The van der Waals surface area contributed by atoms with Gasteiger partial charge < -0.3 is 0 Å². The molecule has 0 rings (SSSR count). The molecule has 4 heteroatoms. The van der Waals surface area contributed by atoms with E-state index in [9.17, 15) is 0 Å². The Kier molecular flexibility index (Phi) is 114. The summed E-state index contributed by atoms with van der Waals surface area (Å²) in [5.41, 5.74) is 0. The average molecular weight is 142 g/mol. The normalized spacial score (nSPS) is 1.00. The summed E-state index contributed by atoms with van der Waals surface area (Å²) in [7, 11) is 0. The van der Waals surface area contributed by atoms with Crippen LogP contribution in [0.4, 0.5) is 0 Å². The fourth-order valence-electron chi connectivity index (χ4n) is 0. The molecule has 0 aliphatic carbocycles. The first kappa shape index (κ1) is 18.0. The van der Waals surface area contributed by atoms with Crippen molar-refractivity contribution in [3.8, 4) is 0 Å². The van der Waals surface area contributed by atoms with Crippen LogP contribution in [-0.2, 0) is 36.8 Å². The Bertz CT molecular complexity index is 8.00. The van der Waals surface area contributed by atoms with E-state index in [-0.39, 0.29) is 35.9 Å². The monoisotopic (exact) mass is 142 g/mol. The summed E-state index contributed by atoms with van der Waals surface area (Å²) < 4.78 is 8.06. The van der Waals surface area contributed by atoms with Gasteiger partial charge in [0.15, 0.2) is 0 Å². The Morgan fingerprint density at radius 2 is 1.25 bits per heavy atom. The Balaban J connectivity index is -0.00000000500. The molecule has 0 saturated carbocycles. The van der Waals surface area contributed by atoms with Crippen LogP contribution in [0.1, 0.15) is 0 Å². The second-order valence-corrected chi connectivity index (χ2v) is 0. The molecular formula is HCuLiMnO. The van der Waals surface area contributed by atoms with Gasteiger partial charge in [0.25, 0.3) is 0 Å². The summed E-state index contributed by atoms with van der Waals surface area (Å²) in [6, 6.07) is 0. The van der Waals surface area contributed by atoms with E-state index in [1.165, 1.54) is 0 Å². The Hall–Kier alpha value is 1.44. The zero-order valence-corrected chi connectivity index (χ0v) is 3.21. The zero-order valence-electron chi connectivity index (χ0n) is 1.09. The van der Waals surface area contributed by atoms with Crippen molar-refractivity contribution < 1.29 is 36.8 Å². The van der Waals surface area contributed by atoms with Crippen LogP contribution in [-0.4, -0.2) is 18.9 Å². The van der Waals surface area contributed by atoms with Gasteiger partial charge in [0.1, 0.15) is 0 Å². The van der Waals surface area contributed by atoms with Crippen LogP contribution in [0.3, 0.4) is 0 Å². The summed E-state index contributed by atoms with van der Waals surface area (Å²) in [5, 5.41) is 0. The molecule has 0 aromatic carbocycles. The van der Waals surface area contributed by atoms with Gasteiger partial charge in [-0.2, -0.15) is 0 Å². The fraction of sp³-hybridized carbons (Fsp3) is 0. The van der Waals surface area contributed by atoms with Gasteiger partial charge in [0.05, 0.1) is 0 Å². The predicted octanol–water partition coefficient (Wildman–Crippen LogP) is -0.772. The number of rotatable bonds is 0. The summed E-state index contributed by atoms with van der Waals surface area (Å²) in [6.45, 7) is 0. The van der Waals surface area contributed by atoms with Crippen molar-refractivity contribution in [3.05, 3.63) is 0 Å². The molecule has 0 spiro atoms. The SMILES string of the molecule is [Cu].[LiH].[O]=[Mn]. The topological polar surface area (TPSA) is 17.1 Å². The summed E-state index contributed by atoms with van der Waals surface area (Å²) in [6.07, 6.45) is 0. The molecule has 0 aromatic heterocycles. The van der Waals surface area contributed by atoms with Gasteiger partial charge in [-0.1, -0.05) is 0 Å². The van der Waals surface area contributed by atoms with E-state index in [0.29, 0.717) is 0 Å². The molecule has 0 aliphatic rings. The van der Waals surface area contributed by atoms with Crippen molar-refractivity contribution in [1.29, 1.82) is 0 Å². The molecule has 0 aromatic rings. The summed E-state index contributed by atoms with van der Waals surface area (Å²) in [4.78, 5) is 0. The van der Waals surface area contributed by atoms with Gasteiger partial charge in [-0.05, 0) is 0 Å². The molecule has 0 N–H and O–H groups in total. The van der Waals surface area contributed by atoms with E-state index in [0.717, 1.165) is 0 Å². The second-order valence-electron chi connectivity index (χ2n) is 0. The molecule has 4 heavy (non-hydrogen) atoms. The zero-order chi connectivity index (χ0) is 2.00. The van der Waals surface area contributed by atoms with Crippen LogP contribution in [0.15, 0.2) is 0 Å². The van der Waals surface area contributed by atoms with Crippen molar-refractivity contribution in [1.82, 2.24) is 0 Å². The minimum atomic E-state index is 0. The molecule has 1 radical (unpaired) electrons.